The molecule has 0 aliphatic heterocycles. The van der Waals surface area contributed by atoms with Crippen molar-refractivity contribution < 1.29 is 0 Å². The van der Waals surface area contributed by atoms with Gasteiger partial charge in [0, 0.05) is 5.69 Å². The number of benzene rings is 3. The molecule has 1 nitrogen and oxygen atoms in total. The van der Waals surface area contributed by atoms with Crippen LogP contribution in [0, 0.1) is 0 Å². The van der Waals surface area contributed by atoms with Crippen LogP contribution in [0.4, 0.5) is 5.69 Å². The zero-order valence-corrected chi connectivity index (χ0v) is 18.8. The van der Waals surface area contributed by atoms with Gasteiger partial charge in [0.15, 0.2) is 16.5 Å². The van der Waals surface area contributed by atoms with Crippen LogP contribution in [-0.4, -0.2) is 16.5 Å². The van der Waals surface area contributed by atoms with E-state index in [0.717, 1.165) is 5.56 Å². The quantitative estimate of drug-likeness (QED) is 0.515. The smallest absolute Gasteiger partial charge is 0.174 e. The Bertz CT molecular complexity index is 833. The number of hydrogen-bond donors (Lipinski definition) is 0. The molecule has 0 amide bonds. The van der Waals surface area contributed by atoms with E-state index in [0.29, 0.717) is 0 Å². The minimum Gasteiger partial charge on any atom is -0.417 e. The zero-order chi connectivity index (χ0) is 19.5. The van der Waals surface area contributed by atoms with Gasteiger partial charge in [0.25, 0.3) is 0 Å². The van der Waals surface area contributed by atoms with Crippen molar-refractivity contribution in [1.29, 1.82) is 0 Å². The van der Waals surface area contributed by atoms with Crippen LogP contribution in [0.1, 0.15) is 5.56 Å². The first-order valence-corrected chi connectivity index (χ1v) is 15.4. The first-order chi connectivity index (χ1) is 12.9. The second-order valence-electron chi connectivity index (χ2n) is 7.98. The molecule has 0 aliphatic carbocycles. The Hall–Kier alpha value is -2.37. The van der Waals surface area contributed by atoms with Gasteiger partial charge in [-0.25, -0.2) is 0 Å². The molecule has 138 valence electrons. The minimum atomic E-state index is -1.93. The van der Waals surface area contributed by atoms with Crippen molar-refractivity contribution in [1.82, 2.24) is 0 Å². The molecular weight excluding hydrogens is 358 g/mol. The number of anilines is 1. The zero-order valence-electron chi connectivity index (χ0n) is 16.8. The van der Waals surface area contributed by atoms with Crippen LogP contribution >= 0.6 is 0 Å². The molecule has 27 heavy (non-hydrogen) atoms. The summed E-state index contributed by atoms with van der Waals surface area (Å²) in [5, 5.41) is 2.93. The third kappa shape index (κ3) is 3.85. The molecule has 3 aromatic carbocycles. The van der Waals surface area contributed by atoms with Crippen molar-refractivity contribution in [2.75, 3.05) is 4.23 Å². The van der Waals surface area contributed by atoms with E-state index in [1.165, 1.54) is 16.1 Å². The molecule has 3 aromatic rings. The highest BCUT2D eigenvalue weighted by Gasteiger charge is 2.43. The first-order valence-electron chi connectivity index (χ1n) is 9.51. The fourth-order valence-corrected chi connectivity index (χ4v) is 14.5. The van der Waals surface area contributed by atoms with E-state index < -0.39 is 16.5 Å². The van der Waals surface area contributed by atoms with E-state index >= 15 is 0 Å². The predicted octanol–water partition coefficient (Wildman–Crippen LogP) is 5.36. The summed E-state index contributed by atoms with van der Waals surface area (Å²) in [5.41, 5.74) is 2.48. The molecule has 0 bridgehead atoms. The van der Waals surface area contributed by atoms with Crippen LogP contribution in [0.3, 0.4) is 0 Å². The second kappa shape index (κ2) is 7.71. The predicted molar refractivity (Wildman–Crippen MR) is 126 cm³/mol. The van der Waals surface area contributed by atoms with Gasteiger partial charge in [0.2, 0.25) is 0 Å². The third-order valence-electron chi connectivity index (χ3n) is 5.47. The molecule has 0 N–H and O–H groups in total. The summed E-state index contributed by atoms with van der Waals surface area (Å²) in [6, 6.07) is 31.0. The van der Waals surface area contributed by atoms with E-state index in [1.54, 1.807) is 0 Å². The van der Waals surface area contributed by atoms with Gasteiger partial charge in [-0.1, -0.05) is 85.5 Å². The van der Waals surface area contributed by atoms with Crippen LogP contribution in [0.15, 0.2) is 91.5 Å². The largest absolute Gasteiger partial charge is 0.417 e. The van der Waals surface area contributed by atoms with Gasteiger partial charge in [-0.3, -0.25) is 0 Å². The Morgan fingerprint density at radius 1 is 0.630 bits per heavy atom. The molecule has 3 heteroatoms. The molecule has 0 unspecified atom stereocenters. The van der Waals surface area contributed by atoms with E-state index in [2.05, 4.69) is 122 Å². The maximum atomic E-state index is 3.90. The highest BCUT2D eigenvalue weighted by molar-refractivity contribution is 7.10. The molecule has 0 radical (unpaired) electrons. The minimum absolute atomic E-state index is 1.16. The van der Waals surface area contributed by atoms with Crippen LogP contribution in [-0.2, 0) is 0 Å². The second-order valence-corrected chi connectivity index (χ2v) is 16.7. The molecule has 0 saturated heterocycles. The van der Waals surface area contributed by atoms with E-state index in [9.17, 15) is 0 Å². The topological polar surface area (TPSA) is 3.24 Å². The Morgan fingerprint density at radius 2 is 1.04 bits per heavy atom. The van der Waals surface area contributed by atoms with Gasteiger partial charge < -0.3 is 4.23 Å². The van der Waals surface area contributed by atoms with Gasteiger partial charge in [-0.15, -0.1) is 0 Å². The summed E-state index contributed by atoms with van der Waals surface area (Å²) in [5.74, 6) is 0. The molecule has 0 heterocycles. The molecule has 0 spiro atoms. The summed E-state index contributed by atoms with van der Waals surface area (Å²) >= 11 is 0. The van der Waals surface area contributed by atoms with E-state index in [4.69, 9.17) is 0 Å². The van der Waals surface area contributed by atoms with E-state index in [1.807, 2.05) is 6.08 Å². The van der Waals surface area contributed by atoms with Crippen molar-refractivity contribution in [2.45, 2.75) is 26.2 Å². The SMILES string of the molecule is C=Cc1ccc(N([Si](C)(C)c2ccccc2)[Si](C)(C)c2ccccc2)cc1. The van der Waals surface area contributed by atoms with Crippen molar-refractivity contribution in [3.8, 4) is 0 Å². The molecule has 0 atom stereocenters. The third-order valence-corrected chi connectivity index (χ3v) is 15.1. The first kappa shape index (κ1) is 19.4. The summed E-state index contributed by atoms with van der Waals surface area (Å²) in [4.78, 5) is 0. The fraction of sp³-hybridized carbons (Fsp3) is 0.167. The van der Waals surface area contributed by atoms with Crippen molar-refractivity contribution in [3.05, 3.63) is 97.1 Å². The number of hydrogen-bond acceptors (Lipinski definition) is 1. The lowest BCUT2D eigenvalue weighted by Crippen LogP contribution is -2.72. The maximum Gasteiger partial charge on any atom is 0.174 e. The lowest BCUT2D eigenvalue weighted by atomic mass is 10.2. The number of nitrogens with zero attached hydrogens (tertiary/aromatic N) is 1. The highest BCUT2D eigenvalue weighted by atomic mass is 28.4. The van der Waals surface area contributed by atoms with Gasteiger partial charge >= 0.3 is 0 Å². The highest BCUT2D eigenvalue weighted by Crippen LogP contribution is 2.29. The van der Waals surface area contributed by atoms with Crippen molar-refractivity contribution >= 4 is 38.6 Å². The average Bonchev–Trinajstić information content (AvgIpc) is 2.69. The van der Waals surface area contributed by atoms with Crippen LogP contribution in [0.25, 0.3) is 6.08 Å². The molecule has 0 aliphatic rings. The normalized spacial score (nSPS) is 11.9. The van der Waals surface area contributed by atoms with Crippen LogP contribution in [0.2, 0.25) is 26.2 Å². The van der Waals surface area contributed by atoms with Gasteiger partial charge in [-0.05, 0) is 54.3 Å². The Morgan fingerprint density at radius 3 is 1.41 bits per heavy atom. The Balaban J connectivity index is 2.18. The fourth-order valence-electron chi connectivity index (χ4n) is 4.05. The summed E-state index contributed by atoms with van der Waals surface area (Å²) in [6.07, 6.45) is 1.91. The summed E-state index contributed by atoms with van der Waals surface area (Å²) in [6.45, 7) is 13.8. The van der Waals surface area contributed by atoms with Crippen LogP contribution < -0.4 is 14.6 Å². The van der Waals surface area contributed by atoms with E-state index in [-0.39, 0.29) is 0 Å². The lowest BCUT2D eigenvalue weighted by molar-refractivity contribution is 1.38. The monoisotopic (exact) mass is 387 g/mol. The van der Waals surface area contributed by atoms with Crippen molar-refractivity contribution in [3.63, 3.8) is 0 Å². The maximum absolute atomic E-state index is 3.90. The van der Waals surface area contributed by atoms with Crippen LogP contribution in [0.5, 0.6) is 0 Å². The Kier molecular flexibility index (Phi) is 5.54. The van der Waals surface area contributed by atoms with Crippen molar-refractivity contribution in [2.24, 2.45) is 0 Å². The molecule has 0 aromatic heterocycles. The summed E-state index contributed by atoms with van der Waals surface area (Å²) in [7, 11) is -3.85. The molecule has 0 fully saturated rings. The lowest BCUT2D eigenvalue weighted by Gasteiger charge is -2.49. The average molecular weight is 388 g/mol. The standard InChI is InChI=1S/C24H29NSi2/c1-6-21-17-19-22(20-18-21)25(26(2,3)23-13-9-7-10-14-23)27(4,5)24-15-11-8-12-16-24/h6-20H,1H2,2-5H3. The Labute approximate surface area is 166 Å². The summed E-state index contributed by atoms with van der Waals surface area (Å²) < 4.78 is 2.80. The van der Waals surface area contributed by atoms with Gasteiger partial charge in [0.05, 0.1) is 0 Å². The number of rotatable bonds is 6. The van der Waals surface area contributed by atoms with Gasteiger partial charge in [0.1, 0.15) is 0 Å². The molecule has 3 rings (SSSR count). The molecular formula is C24H29NSi2. The van der Waals surface area contributed by atoms with Gasteiger partial charge in [-0.2, -0.15) is 0 Å². The molecule has 0 saturated carbocycles.